The largest absolute Gasteiger partial charge is 0.347 e. The van der Waals surface area contributed by atoms with E-state index < -0.39 is 35.4 Å². The minimum absolute atomic E-state index is 0.0312. The van der Waals surface area contributed by atoms with Crippen LogP contribution < -0.4 is 16.0 Å². The number of hydrogen-bond acceptors (Lipinski definition) is 8. The maximum absolute atomic E-state index is 12.5. The summed E-state index contributed by atoms with van der Waals surface area (Å²) in [6, 6.07) is 0. The molecule has 14 nitrogen and oxygen atoms in total. The zero-order valence-electron chi connectivity index (χ0n) is 20.0. The van der Waals surface area contributed by atoms with E-state index in [1.165, 1.54) is 26.9 Å². The summed E-state index contributed by atoms with van der Waals surface area (Å²) < 4.78 is 0. The van der Waals surface area contributed by atoms with Gasteiger partial charge < -0.3 is 30.7 Å². The monoisotopic (exact) mass is 505 g/mol. The number of hydrogen-bond donors (Lipinski definition) is 3. The van der Waals surface area contributed by atoms with Crippen LogP contribution in [-0.4, -0.2) is 133 Å². The van der Waals surface area contributed by atoms with Gasteiger partial charge in [-0.1, -0.05) is 0 Å². The summed E-state index contributed by atoms with van der Waals surface area (Å²) >= 11 is 0. The van der Waals surface area contributed by atoms with E-state index in [1.807, 2.05) is 0 Å². The Morgan fingerprint density at radius 3 is 1.86 bits per heavy atom. The highest BCUT2D eigenvalue weighted by molar-refractivity contribution is 6.35. The number of amides is 7. The van der Waals surface area contributed by atoms with Crippen LogP contribution in [0.2, 0.25) is 0 Å². The lowest BCUT2D eigenvalue weighted by Gasteiger charge is -2.36. The van der Waals surface area contributed by atoms with Crippen molar-refractivity contribution in [2.45, 2.75) is 12.8 Å². The van der Waals surface area contributed by atoms with E-state index in [2.05, 4.69) is 16.0 Å². The lowest BCUT2D eigenvalue weighted by atomic mass is 10.2. The third kappa shape index (κ3) is 7.34. The van der Waals surface area contributed by atoms with Gasteiger partial charge in [0.25, 0.3) is 11.8 Å². The molecule has 2 fully saturated rings. The standard InChI is InChI=1S/C22H31N7O7/c30-16(2-1-7-29-18(32)3-4-19(29)33)24-14-17(31)25-15-20(34)26-10-12-28(13-11-26)22(36)21(35)27-8-5-23-6-9-27/h3-4,23H,1-2,5-15H2,(H,24,30)(H,25,31). The molecular formula is C22H31N7O7. The molecule has 0 saturated carbocycles. The Morgan fingerprint density at radius 1 is 0.722 bits per heavy atom. The number of carbonyl (C=O) groups is 7. The highest BCUT2D eigenvalue weighted by Crippen LogP contribution is 2.06. The van der Waals surface area contributed by atoms with E-state index in [0.717, 1.165) is 4.90 Å². The zero-order chi connectivity index (χ0) is 26.1. The maximum Gasteiger partial charge on any atom is 0.312 e. The van der Waals surface area contributed by atoms with E-state index in [0.29, 0.717) is 26.2 Å². The van der Waals surface area contributed by atoms with Crippen molar-refractivity contribution in [3.05, 3.63) is 12.2 Å². The van der Waals surface area contributed by atoms with Crippen molar-refractivity contribution in [2.75, 3.05) is 72.0 Å². The first kappa shape index (κ1) is 26.8. The summed E-state index contributed by atoms with van der Waals surface area (Å²) in [5, 5.41) is 7.99. The summed E-state index contributed by atoms with van der Waals surface area (Å²) in [7, 11) is 0. The molecule has 36 heavy (non-hydrogen) atoms. The molecular weight excluding hydrogens is 474 g/mol. The summed E-state index contributed by atoms with van der Waals surface area (Å²) in [5.74, 6) is -3.21. The van der Waals surface area contributed by atoms with Crippen molar-refractivity contribution < 1.29 is 33.6 Å². The number of nitrogens with zero attached hydrogens (tertiary/aromatic N) is 4. The second-order valence-corrected chi connectivity index (χ2v) is 8.53. The van der Waals surface area contributed by atoms with Crippen molar-refractivity contribution >= 4 is 41.4 Å². The van der Waals surface area contributed by atoms with Crippen LogP contribution >= 0.6 is 0 Å². The molecule has 0 unspecified atom stereocenters. The van der Waals surface area contributed by atoms with Crippen molar-refractivity contribution in [3.63, 3.8) is 0 Å². The van der Waals surface area contributed by atoms with Crippen molar-refractivity contribution in [1.82, 2.24) is 35.6 Å². The maximum atomic E-state index is 12.5. The molecule has 196 valence electrons. The fourth-order valence-corrected chi connectivity index (χ4v) is 3.96. The minimum atomic E-state index is -0.566. The average Bonchev–Trinajstić information content (AvgIpc) is 3.22. The topological polar surface area (TPSA) is 169 Å². The molecule has 2 saturated heterocycles. The first-order chi connectivity index (χ1) is 17.3. The molecule has 0 atom stereocenters. The van der Waals surface area contributed by atoms with E-state index in [9.17, 15) is 33.6 Å². The predicted octanol–water partition coefficient (Wildman–Crippen LogP) is -3.97. The molecule has 3 aliphatic heterocycles. The summed E-state index contributed by atoms with van der Waals surface area (Å²) in [5.41, 5.74) is 0. The Morgan fingerprint density at radius 2 is 1.25 bits per heavy atom. The van der Waals surface area contributed by atoms with E-state index in [4.69, 9.17) is 0 Å². The number of nitrogens with one attached hydrogen (secondary N) is 3. The Hall–Kier alpha value is -3.81. The summed E-state index contributed by atoms with van der Waals surface area (Å²) in [6.07, 6.45) is 2.63. The molecule has 0 aromatic carbocycles. The molecule has 3 rings (SSSR count). The molecule has 3 heterocycles. The van der Waals surface area contributed by atoms with Crippen LogP contribution in [0.15, 0.2) is 12.2 Å². The van der Waals surface area contributed by atoms with Crippen LogP contribution in [0.1, 0.15) is 12.8 Å². The molecule has 0 bridgehead atoms. The van der Waals surface area contributed by atoms with Gasteiger partial charge in [-0.3, -0.25) is 38.5 Å². The first-order valence-corrected chi connectivity index (χ1v) is 11.9. The SMILES string of the molecule is O=C(CCCN1C(=O)C=CC1=O)NCC(=O)NCC(=O)N1CCN(C(=O)C(=O)N2CCNCC2)CC1. The zero-order valence-corrected chi connectivity index (χ0v) is 20.0. The Balaban J connectivity index is 1.27. The number of rotatable bonds is 8. The molecule has 0 spiro atoms. The van der Waals surface area contributed by atoms with Crippen LogP contribution in [0.4, 0.5) is 0 Å². The van der Waals surface area contributed by atoms with Gasteiger partial charge in [-0.05, 0) is 6.42 Å². The van der Waals surface area contributed by atoms with Crippen LogP contribution in [0.25, 0.3) is 0 Å². The normalized spacial score (nSPS) is 17.9. The smallest absolute Gasteiger partial charge is 0.312 e. The quantitative estimate of drug-likeness (QED) is 0.222. The summed E-state index contributed by atoms with van der Waals surface area (Å²) in [6.45, 7) is 2.79. The fraction of sp³-hybridized carbons (Fsp3) is 0.591. The lowest BCUT2D eigenvalue weighted by molar-refractivity contribution is -0.154. The molecule has 3 N–H and O–H groups in total. The van der Waals surface area contributed by atoms with Crippen molar-refractivity contribution in [2.24, 2.45) is 0 Å². The van der Waals surface area contributed by atoms with Crippen LogP contribution in [0.5, 0.6) is 0 Å². The Bertz CT molecular complexity index is 919. The van der Waals surface area contributed by atoms with Gasteiger partial charge >= 0.3 is 11.8 Å². The molecule has 0 aromatic rings. The van der Waals surface area contributed by atoms with Crippen LogP contribution in [-0.2, 0) is 33.6 Å². The third-order valence-electron chi connectivity index (χ3n) is 6.08. The highest BCUT2D eigenvalue weighted by Gasteiger charge is 2.31. The van der Waals surface area contributed by atoms with Gasteiger partial charge in [0.05, 0.1) is 13.1 Å². The van der Waals surface area contributed by atoms with Crippen molar-refractivity contribution in [1.29, 1.82) is 0 Å². The molecule has 0 radical (unpaired) electrons. The second kappa shape index (κ2) is 12.8. The van der Waals surface area contributed by atoms with Crippen LogP contribution in [0.3, 0.4) is 0 Å². The predicted molar refractivity (Wildman–Crippen MR) is 124 cm³/mol. The molecule has 0 aromatic heterocycles. The average molecular weight is 506 g/mol. The minimum Gasteiger partial charge on any atom is -0.347 e. The van der Waals surface area contributed by atoms with E-state index in [1.54, 1.807) is 0 Å². The third-order valence-corrected chi connectivity index (χ3v) is 6.08. The Labute approximate surface area is 208 Å². The van der Waals surface area contributed by atoms with Gasteiger partial charge in [0.15, 0.2) is 0 Å². The van der Waals surface area contributed by atoms with Crippen molar-refractivity contribution in [3.8, 4) is 0 Å². The van der Waals surface area contributed by atoms with Gasteiger partial charge in [-0.25, -0.2) is 0 Å². The van der Waals surface area contributed by atoms with E-state index in [-0.39, 0.29) is 64.6 Å². The Kier molecular flexibility index (Phi) is 9.50. The van der Waals surface area contributed by atoms with Gasteiger partial charge in [-0.15, -0.1) is 0 Å². The second-order valence-electron chi connectivity index (χ2n) is 8.53. The fourth-order valence-electron chi connectivity index (χ4n) is 3.96. The summed E-state index contributed by atoms with van der Waals surface area (Å²) in [4.78, 5) is 89.5. The number of piperazine rings is 2. The number of carbonyl (C=O) groups excluding carboxylic acids is 7. The van der Waals surface area contributed by atoms with Crippen LogP contribution in [0, 0.1) is 0 Å². The molecule has 14 heteroatoms. The lowest BCUT2D eigenvalue weighted by Crippen LogP contribution is -2.57. The van der Waals surface area contributed by atoms with Gasteiger partial charge in [0.1, 0.15) is 0 Å². The van der Waals surface area contributed by atoms with E-state index >= 15 is 0 Å². The first-order valence-electron chi connectivity index (χ1n) is 11.9. The van der Waals surface area contributed by atoms with Gasteiger partial charge in [0, 0.05) is 77.5 Å². The van der Waals surface area contributed by atoms with Gasteiger partial charge in [0.2, 0.25) is 17.7 Å². The molecule has 3 aliphatic rings. The molecule has 7 amide bonds. The molecule has 0 aliphatic carbocycles. The number of imide groups is 1. The van der Waals surface area contributed by atoms with Gasteiger partial charge in [-0.2, -0.15) is 0 Å². The highest BCUT2D eigenvalue weighted by atomic mass is 16.2.